The molecule has 7 heteroatoms. The van der Waals surface area contributed by atoms with Crippen LogP contribution in [-0.2, 0) is 0 Å². The first-order chi connectivity index (χ1) is 9.08. The molecule has 1 heterocycles. The van der Waals surface area contributed by atoms with Gasteiger partial charge >= 0.3 is 0 Å². The van der Waals surface area contributed by atoms with Crippen LogP contribution in [0.3, 0.4) is 0 Å². The Kier molecular flexibility index (Phi) is 3.67. The predicted molar refractivity (Wildman–Crippen MR) is 78.3 cm³/mol. The summed E-state index contributed by atoms with van der Waals surface area (Å²) in [5.74, 6) is 6.51. The molecular weight excluding hydrogens is 242 g/mol. The Labute approximate surface area is 111 Å². The molecule has 0 aliphatic carbocycles. The van der Waals surface area contributed by atoms with E-state index in [0.717, 1.165) is 11.4 Å². The van der Waals surface area contributed by atoms with Gasteiger partial charge in [0.05, 0.1) is 0 Å². The summed E-state index contributed by atoms with van der Waals surface area (Å²) in [6.45, 7) is 0. The lowest BCUT2D eigenvalue weighted by atomic mass is 10.2. The number of hydrazine groups is 1. The van der Waals surface area contributed by atoms with Crippen molar-refractivity contribution >= 4 is 29.0 Å². The van der Waals surface area contributed by atoms with Crippen molar-refractivity contribution in [2.75, 3.05) is 35.5 Å². The predicted octanol–water partition coefficient (Wildman–Crippen LogP) is 1.15. The van der Waals surface area contributed by atoms with Crippen LogP contribution in [0.2, 0.25) is 0 Å². The molecule has 0 aliphatic rings. The van der Waals surface area contributed by atoms with E-state index in [1.54, 1.807) is 6.07 Å². The molecule has 0 unspecified atom stereocenters. The molecule has 7 nitrogen and oxygen atoms in total. The van der Waals surface area contributed by atoms with E-state index in [2.05, 4.69) is 20.7 Å². The summed E-state index contributed by atoms with van der Waals surface area (Å²) in [6.07, 6.45) is 0. The van der Waals surface area contributed by atoms with E-state index in [1.807, 2.05) is 43.3 Å². The van der Waals surface area contributed by atoms with Crippen molar-refractivity contribution in [3.63, 3.8) is 0 Å². The molecule has 2 rings (SSSR count). The van der Waals surface area contributed by atoms with Crippen LogP contribution in [0.5, 0.6) is 0 Å². The van der Waals surface area contributed by atoms with Gasteiger partial charge in [-0.3, -0.25) is 0 Å². The van der Waals surface area contributed by atoms with Crippen LogP contribution in [0.4, 0.5) is 29.0 Å². The molecule has 0 bridgehead atoms. The highest BCUT2D eigenvalue weighted by Crippen LogP contribution is 2.21. The smallest absolute Gasteiger partial charge is 0.223 e. The first kappa shape index (κ1) is 12.9. The largest absolute Gasteiger partial charge is 0.378 e. The maximum absolute atomic E-state index is 5.60. The van der Waals surface area contributed by atoms with E-state index < -0.39 is 0 Å². The van der Waals surface area contributed by atoms with Crippen LogP contribution in [0, 0.1) is 0 Å². The van der Waals surface area contributed by atoms with E-state index >= 15 is 0 Å². The zero-order chi connectivity index (χ0) is 13.8. The quantitative estimate of drug-likeness (QED) is 0.482. The van der Waals surface area contributed by atoms with E-state index in [4.69, 9.17) is 11.6 Å². The molecule has 2 aromatic rings. The van der Waals surface area contributed by atoms with Crippen LogP contribution >= 0.6 is 0 Å². The van der Waals surface area contributed by atoms with Crippen LogP contribution in [-0.4, -0.2) is 24.1 Å². The Bertz CT molecular complexity index is 568. The summed E-state index contributed by atoms with van der Waals surface area (Å²) in [7, 11) is 3.97. The monoisotopic (exact) mass is 259 g/mol. The Morgan fingerprint density at radius 2 is 1.84 bits per heavy atom. The molecule has 0 amide bonds. The molecule has 0 aliphatic heterocycles. The van der Waals surface area contributed by atoms with Gasteiger partial charge in [0.15, 0.2) is 0 Å². The van der Waals surface area contributed by atoms with Crippen molar-refractivity contribution in [2.24, 2.45) is 5.84 Å². The second-order valence-electron chi connectivity index (χ2n) is 4.21. The Balaban J connectivity index is 2.25. The molecule has 0 spiro atoms. The minimum absolute atomic E-state index is 0.154. The van der Waals surface area contributed by atoms with Crippen LogP contribution in [0.1, 0.15) is 0 Å². The molecule has 0 radical (unpaired) electrons. The molecule has 0 saturated carbocycles. The minimum Gasteiger partial charge on any atom is -0.378 e. The molecular formula is C12H17N7. The molecule has 1 aromatic heterocycles. The van der Waals surface area contributed by atoms with E-state index in [0.29, 0.717) is 11.6 Å². The second-order valence-corrected chi connectivity index (χ2v) is 4.21. The molecule has 0 fully saturated rings. The highest BCUT2D eigenvalue weighted by molar-refractivity contribution is 5.65. The van der Waals surface area contributed by atoms with Crippen molar-refractivity contribution in [1.82, 2.24) is 9.97 Å². The number of nitrogens with one attached hydrogen (secondary N) is 2. The molecule has 0 atom stereocenters. The lowest BCUT2D eigenvalue weighted by molar-refractivity contribution is 1.13. The third-order valence-electron chi connectivity index (χ3n) is 2.53. The van der Waals surface area contributed by atoms with Gasteiger partial charge in [0.1, 0.15) is 11.6 Å². The summed E-state index contributed by atoms with van der Waals surface area (Å²) in [5.41, 5.74) is 10.0. The summed E-state index contributed by atoms with van der Waals surface area (Å²) in [6, 6.07) is 9.62. The first-order valence-electron chi connectivity index (χ1n) is 5.74. The van der Waals surface area contributed by atoms with Crippen molar-refractivity contribution in [1.29, 1.82) is 0 Å². The van der Waals surface area contributed by atoms with E-state index in [-0.39, 0.29) is 5.95 Å². The number of anilines is 5. The summed E-state index contributed by atoms with van der Waals surface area (Å²) in [4.78, 5) is 10.0. The fraction of sp³-hybridized carbons (Fsp3) is 0.167. The Morgan fingerprint density at radius 3 is 2.53 bits per heavy atom. The molecule has 19 heavy (non-hydrogen) atoms. The van der Waals surface area contributed by atoms with E-state index in [9.17, 15) is 0 Å². The van der Waals surface area contributed by atoms with Crippen LogP contribution in [0.15, 0.2) is 30.3 Å². The summed E-state index contributed by atoms with van der Waals surface area (Å²) < 4.78 is 0. The average Bonchev–Trinajstić information content (AvgIpc) is 2.38. The lowest BCUT2D eigenvalue weighted by Gasteiger charge is -2.14. The van der Waals surface area contributed by atoms with Gasteiger partial charge in [-0.15, -0.1) is 0 Å². The van der Waals surface area contributed by atoms with Crippen molar-refractivity contribution in [3.8, 4) is 0 Å². The van der Waals surface area contributed by atoms with Crippen LogP contribution < -0.4 is 27.2 Å². The number of nitrogen functional groups attached to an aromatic ring is 2. The van der Waals surface area contributed by atoms with Gasteiger partial charge in [-0.2, -0.15) is 9.97 Å². The molecule has 100 valence electrons. The fourth-order valence-corrected chi connectivity index (χ4v) is 1.61. The van der Waals surface area contributed by atoms with Crippen molar-refractivity contribution in [3.05, 3.63) is 30.3 Å². The third-order valence-corrected chi connectivity index (χ3v) is 2.53. The fourth-order valence-electron chi connectivity index (χ4n) is 1.61. The van der Waals surface area contributed by atoms with Gasteiger partial charge in [0, 0.05) is 31.5 Å². The minimum atomic E-state index is 0.154. The molecule has 6 N–H and O–H groups in total. The highest BCUT2D eigenvalue weighted by atomic mass is 15.3. The van der Waals surface area contributed by atoms with E-state index in [1.165, 1.54) is 0 Å². The normalized spacial score (nSPS) is 10.1. The molecule has 0 saturated heterocycles. The van der Waals surface area contributed by atoms with Crippen LogP contribution in [0.25, 0.3) is 0 Å². The number of aromatic nitrogens is 2. The number of hydrogen-bond acceptors (Lipinski definition) is 7. The van der Waals surface area contributed by atoms with Crippen molar-refractivity contribution < 1.29 is 0 Å². The number of nitrogens with two attached hydrogens (primary N) is 2. The van der Waals surface area contributed by atoms with Gasteiger partial charge in [0.25, 0.3) is 0 Å². The average molecular weight is 259 g/mol. The number of hydrogen-bond donors (Lipinski definition) is 4. The SMILES string of the molecule is CN(C)c1cccc(Nc2cc(NN)nc(N)n2)c1. The maximum atomic E-state index is 5.60. The van der Waals surface area contributed by atoms with Gasteiger partial charge < -0.3 is 21.4 Å². The lowest BCUT2D eigenvalue weighted by Crippen LogP contribution is -2.11. The maximum Gasteiger partial charge on any atom is 0.223 e. The Hall–Kier alpha value is -2.54. The first-order valence-corrected chi connectivity index (χ1v) is 5.74. The molecule has 1 aromatic carbocycles. The van der Waals surface area contributed by atoms with Gasteiger partial charge in [-0.1, -0.05) is 6.07 Å². The number of nitrogens with zero attached hydrogens (tertiary/aromatic N) is 3. The third kappa shape index (κ3) is 3.23. The summed E-state index contributed by atoms with van der Waals surface area (Å²) >= 11 is 0. The zero-order valence-electron chi connectivity index (χ0n) is 10.9. The van der Waals surface area contributed by atoms with Crippen molar-refractivity contribution in [2.45, 2.75) is 0 Å². The number of rotatable bonds is 4. The summed E-state index contributed by atoms with van der Waals surface area (Å²) in [5, 5.41) is 3.16. The standard InChI is InChI=1S/C12H17N7/c1-19(2)9-5-3-4-8(6-9)15-10-7-11(18-14)17-12(13)16-10/h3-7H,14H2,1-2H3,(H4,13,15,16,17,18). The van der Waals surface area contributed by atoms with Gasteiger partial charge in [-0.05, 0) is 18.2 Å². The zero-order valence-corrected chi connectivity index (χ0v) is 10.9. The number of benzene rings is 1. The van der Waals surface area contributed by atoms with Gasteiger partial charge in [0.2, 0.25) is 5.95 Å². The van der Waals surface area contributed by atoms with Gasteiger partial charge in [-0.25, -0.2) is 5.84 Å². The second kappa shape index (κ2) is 5.40. The Morgan fingerprint density at radius 1 is 1.11 bits per heavy atom. The highest BCUT2D eigenvalue weighted by Gasteiger charge is 2.03. The topological polar surface area (TPSA) is 105 Å².